The minimum atomic E-state index is -4.82. The van der Waals surface area contributed by atoms with Crippen LogP contribution in [-0.4, -0.2) is 59.2 Å². The monoisotopic (exact) mass is 770 g/mol. The third-order valence-corrected chi connectivity index (χ3v) is 9.28. The third-order valence-electron chi connectivity index (χ3n) is 5.72. The average molecular weight is 771 g/mol. The Morgan fingerprint density at radius 3 is 2.28 bits per heavy atom. The lowest BCUT2D eigenvalue weighted by molar-refractivity contribution is -0.434. The standard InChI is InChI=1S/C24H22N10O12S4/c25-13-27-22-30-23(28-15-2-1-3-16(10-15)47-45-43-35)32-24(31-22)29-19-11-18(26)21(50(39,40)41)12-20(19)34-33-14-4-6-17(7-5-14)49(37,38)9-8-42-48-46-44-36/h1-7,10-12,35-36H,8-9,26H2,(H,39,40,41)(H3,27,28,29,30,31,32)/b34-33+. The molecule has 4 rings (SSSR count). The summed E-state index contributed by atoms with van der Waals surface area (Å²) in [5, 5.41) is 48.6. The molecule has 0 spiro atoms. The maximum atomic E-state index is 12.6. The summed E-state index contributed by atoms with van der Waals surface area (Å²) in [4.78, 5) is 12.2. The van der Waals surface area contributed by atoms with Crippen molar-refractivity contribution in [1.29, 1.82) is 5.26 Å². The van der Waals surface area contributed by atoms with Crippen LogP contribution in [0.15, 0.2) is 85.6 Å². The second-order valence-corrected chi connectivity index (χ2v) is 13.8. The van der Waals surface area contributed by atoms with Gasteiger partial charge >= 0.3 is 0 Å². The summed E-state index contributed by atoms with van der Waals surface area (Å²) in [6, 6.07) is 13.7. The van der Waals surface area contributed by atoms with Crippen LogP contribution in [0.25, 0.3) is 0 Å². The Bertz CT molecular complexity index is 2090. The van der Waals surface area contributed by atoms with Crippen molar-refractivity contribution < 1.29 is 54.8 Å². The van der Waals surface area contributed by atoms with Gasteiger partial charge in [-0.2, -0.15) is 33.7 Å². The van der Waals surface area contributed by atoms with Crippen LogP contribution in [0.1, 0.15) is 0 Å². The second kappa shape index (κ2) is 17.8. The third kappa shape index (κ3) is 11.1. The number of rotatable bonds is 18. The molecule has 264 valence electrons. The number of nitrogens with one attached hydrogen (secondary N) is 3. The highest BCUT2D eigenvalue weighted by molar-refractivity contribution is 7.94. The van der Waals surface area contributed by atoms with Crippen molar-refractivity contribution in [2.75, 3.05) is 34.0 Å². The van der Waals surface area contributed by atoms with E-state index in [2.05, 4.69) is 59.9 Å². The van der Waals surface area contributed by atoms with Crippen molar-refractivity contribution in [3.05, 3.63) is 60.7 Å². The largest absolute Gasteiger partial charge is 0.398 e. The minimum Gasteiger partial charge on any atom is -0.398 e. The van der Waals surface area contributed by atoms with Crippen LogP contribution in [-0.2, 0) is 42.9 Å². The minimum absolute atomic E-state index is 0.00842. The van der Waals surface area contributed by atoms with Crippen LogP contribution in [0.3, 0.4) is 0 Å². The second-order valence-electron chi connectivity index (χ2n) is 8.97. The molecule has 26 heteroatoms. The van der Waals surface area contributed by atoms with E-state index in [-0.39, 0.29) is 64.4 Å². The fourth-order valence-electron chi connectivity index (χ4n) is 3.67. The molecule has 0 aliphatic rings. The van der Waals surface area contributed by atoms with E-state index in [1.165, 1.54) is 24.3 Å². The summed E-state index contributed by atoms with van der Waals surface area (Å²) in [6.07, 6.45) is 1.69. The fraction of sp³-hybridized carbons (Fsp3) is 0.0833. The molecule has 0 amide bonds. The summed E-state index contributed by atoms with van der Waals surface area (Å²) < 4.78 is 72.0. The van der Waals surface area contributed by atoms with Gasteiger partial charge in [0.25, 0.3) is 10.1 Å². The van der Waals surface area contributed by atoms with E-state index < -0.39 is 30.6 Å². The molecule has 22 nitrogen and oxygen atoms in total. The number of hydrogen-bond donors (Lipinski definition) is 7. The van der Waals surface area contributed by atoms with Gasteiger partial charge in [-0.3, -0.25) is 14.1 Å². The molecule has 0 atom stereocenters. The fourth-order valence-corrected chi connectivity index (χ4v) is 6.12. The van der Waals surface area contributed by atoms with Crippen LogP contribution in [0.4, 0.5) is 46.3 Å². The van der Waals surface area contributed by atoms with Crippen molar-refractivity contribution >= 4 is 90.6 Å². The van der Waals surface area contributed by atoms with E-state index in [1.807, 2.05) is 0 Å². The normalized spacial score (nSPS) is 11.7. The Morgan fingerprint density at radius 2 is 1.60 bits per heavy atom. The molecule has 0 saturated heterocycles. The number of benzene rings is 3. The SMILES string of the molecule is N#CNc1nc(Nc2cccc(SOOO)c2)nc(Nc2cc(N)c(S(=O)(=O)O)cc2/N=N/c2ccc(S(=O)(=O)CCOSOOO)cc2)n1. The van der Waals surface area contributed by atoms with Gasteiger partial charge in [-0.25, -0.2) is 18.9 Å². The number of azo groups is 1. The van der Waals surface area contributed by atoms with Gasteiger partial charge in [0.1, 0.15) is 10.6 Å². The summed E-state index contributed by atoms with van der Waals surface area (Å²) in [5.74, 6) is -0.894. The molecule has 0 saturated carbocycles. The maximum Gasteiger partial charge on any atom is 0.296 e. The lowest BCUT2D eigenvalue weighted by Gasteiger charge is -2.13. The van der Waals surface area contributed by atoms with E-state index in [1.54, 1.807) is 30.5 Å². The number of nitriles is 1. The smallest absolute Gasteiger partial charge is 0.296 e. The molecule has 0 aliphatic carbocycles. The van der Waals surface area contributed by atoms with Crippen molar-refractivity contribution in [1.82, 2.24) is 15.0 Å². The molecular weight excluding hydrogens is 749 g/mol. The van der Waals surface area contributed by atoms with Crippen molar-refractivity contribution in [3.63, 3.8) is 0 Å². The lowest BCUT2D eigenvalue weighted by atomic mass is 10.2. The van der Waals surface area contributed by atoms with Gasteiger partial charge in [-0.15, -0.1) is 13.8 Å². The quantitative estimate of drug-likeness (QED) is 0.00829. The Hall–Kier alpha value is -4.76. The van der Waals surface area contributed by atoms with E-state index in [4.69, 9.17) is 25.7 Å². The zero-order chi connectivity index (χ0) is 36.1. The molecule has 0 aliphatic heterocycles. The molecule has 3 aromatic carbocycles. The number of sulfone groups is 1. The summed E-state index contributed by atoms with van der Waals surface area (Å²) in [6.45, 7) is -0.295. The van der Waals surface area contributed by atoms with Gasteiger partial charge in [0.15, 0.2) is 28.4 Å². The summed E-state index contributed by atoms with van der Waals surface area (Å²) >= 11 is 0.938. The first-order valence-electron chi connectivity index (χ1n) is 13.0. The molecule has 8 N–H and O–H groups in total. The van der Waals surface area contributed by atoms with Gasteiger partial charge in [0.05, 0.1) is 46.4 Å². The Kier molecular flexibility index (Phi) is 13.5. The van der Waals surface area contributed by atoms with Crippen LogP contribution in [0, 0.1) is 11.5 Å². The van der Waals surface area contributed by atoms with E-state index in [0.29, 0.717) is 22.6 Å². The van der Waals surface area contributed by atoms with Crippen LogP contribution in [0.2, 0.25) is 0 Å². The van der Waals surface area contributed by atoms with Gasteiger partial charge in [0.2, 0.25) is 17.8 Å². The Morgan fingerprint density at radius 1 is 0.900 bits per heavy atom. The van der Waals surface area contributed by atoms with Gasteiger partial charge in [-0.05, 0) is 54.6 Å². The zero-order valence-corrected chi connectivity index (χ0v) is 27.9. The van der Waals surface area contributed by atoms with E-state index >= 15 is 0 Å². The maximum absolute atomic E-state index is 12.6. The highest BCUT2D eigenvalue weighted by atomic mass is 32.2. The van der Waals surface area contributed by atoms with Gasteiger partial charge in [0, 0.05) is 10.6 Å². The highest BCUT2D eigenvalue weighted by Gasteiger charge is 2.20. The van der Waals surface area contributed by atoms with Crippen molar-refractivity contribution in [2.45, 2.75) is 14.7 Å². The molecule has 1 heterocycles. The number of aromatic nitrogens is 3. The number of hydrogen-bond acceptors (Lipinski definition) is 23. The molecule has 0 bridgehead atoms. The molecule has 0 unspecified atom stereocenters. The predicted molar refractivity (Wildman–Crippen MR) is 174 cm³/mol. The molecule has 50 heavy (non-hydrogen) atoms. The number of nitrogens with two attached hydrogens (primary N) is 1. The number of anilines is 6. The van der Waals surface area contributed by atoms with Gasteiger partial charge in [-0.1, -0.05) is 16.1 Å². The molecule has 0 radical (unpaired) electrons. The first-order chi connectivity index (χ1) is 23.9. The van der Waals surface area contributed by atoms with Crippen LogP contribution >= 0.6 is 24.4 Å². The van der Waals surface area contributed by atoms with E-state index in [0.717, 1.165) is 12.1 Å². The first-order valence-corrected chi connectivity index (χ1v) is 17.5. The Labute approximate surface area is 290 Å². The lowest BCUT2D eigenvalue weighted by Crippen LogP contribution is -2.10. The Balaban J connectivity index is 1.63. The van der Waals surface area contributed by atoms with Crippen molar-refractivity contribution in [2.24, 2.45) is 10.2 Å². The first kappa shape index (κ1) is 38.0. The summed E-state index contributed by atoms with van der Waals surface area (Å²) in [7, 11) is -8.61. The average Bonchev–Trinajstić information content (AvgIpc) is 3.07. The predicted octanol–water partition coefficient (Wildman–Crippen LogP) is 4.70. The highest BCUT2D eigenvalue weighted by Crippen LogP contribution is 2.36. The molecule has 0 fully saturated rings. The number of nitrogen functional groups attached to an aromatic ring is 1. The summed E-state index contributed by atoms with van der Waals surface area (Å²) in [5.41, 5.74) is 5.92. The number of nitrogens with zero attached hydrogens (tertiary/aromatic N) is 6. The van der Waals surface area contributed by atoms with Gasteiger partial charge < -0.3 is 16.4 Å². The molecule has 4 aromatic rings. The van der Waals surface area contributed by atoms with Crippen LogP contribution < -0.4 is 21.7 Å². The topological polar surface area (TPSA) is 324 Å². The molecular formula is C24H22N10O12S4. The van der Waals surface area contributed by atoms with Crippen molar-refractivity contribution in [3.8, 4) is 6.19 Å². The zero-order valence-electron chi connectivity index (χ0n) is 24.6. The van der Waals surface area contributed by atoms with Crippen LogP contribution in [0.5, 0.6) is 0 Å². The van der Waals surface area contributed by atoms with E-state index in [9.17, 15) is 21.4 Å². The molecule has 1 aromatic heterocycles.